The van der Waals surface area contributed by atoms with E-state index in [4.69, 9.17) is 23.2 Å². The molecule has 0 spiro atoms. The Morgan fingerprint density at radius 1 is 1.29 bits per heavy atom. The molecule has 0 bridgehead atoms. The summed E-state index contributed by atoms with van der Waals surface area (Å²) in [4.78, 5) is 11.7. The standard InChI is InChI=1S/C11H10Cl2O/c12-9-4-3-8(6-10(9)13)11(14)5-7-1-2-7/h3-4,6-7H,1-2,5H2. The molecule has 1 aliphatic carbocycles. The van der Waals surface area contributed by atoms with Gasteiger partial charge in [0.25, 0.3) is 0 Å². The number of Topliss-reactive ketones (excluding diaryl/α,β-unsaturated/α-hetero) is 1. The lowest BCUT2D eigenvalue weighted by atomic mass is 10.1. The molecule has 2 rings (SSSR count). The molecule has 3 heteroatoms. The highest BCUT2D eigenvalue weighted by Crippen LogP contribution is 2.34. The first kappa shape index (κ1) is 10.0. The summed E-state index contributed by atoms with van der Waals surface area (Å²) in [5, 5.41) is 0.947. The van der Waals surface area contributed by atoms with E-state index >= 15 is 0 Å². The minimum absolute atomic E-state index is 0.172. The van der Waals surface area contributed by atoms with Crippen molar-refractivity contribution >= 4 is 29.0 Å². The topological polar surface area (TPSA) is 17.1 Å². The molecule has 0 unspecified atom stereocenters. The van der Waals surface area contributed by atoms with E-state index in [1.54, 1.807) is 18.2 Å². The fourth-order valence-corrected chi connectivity index (χ4v) is 1.67. The molecule has 0 radical (unpaired) electrons. The zero-order valence-corrected chi connectivity index (χ0v) is 9.11. The van der Waals surface area contributed by atoms with Gasteiger partial charge in [0.2, 0.25) is 0 Å². The molecule has 1 nitrogen and oxygen atoms in total. The third-order valence-electron chi connectivity index (χ3n) is 2.41. The normalized spacial score (nSPS) is 15.6. The molecule has 14 heavy (non-hydrogen) atoms. The fourth-order valence-electron chi connectivity index (χ4n) is 1.37. The molecule has 0 aromatic heterocycles. The smallest absolute Gasteiger partial charge is 0.163 e. The van der Waals surface area contributed by atoms with Crippen LogP contribution in [-0.4, -0.2) is 5.78 Å². The molecule has 0 heterocycles. The minimum Gasteiger partial charge on any atom is -0.294 e. The van der Waals surface area contributed by atoms with Gasteiger partial charge in [0.05, 0.1) is 10.0 Å². The van der Waals surface area contributed by atoms with Crippen LogP contribution in [0.3, 0.4) is 0 Å². The zero-order chi connectivity index (χ0) is 10.1. The number of benzene rings is 1. The zero-order valence-electron chi connectivity index (χ0n) is 7.59. The molecule has 0 saturated heterocycles. The Labute approximate surface area is 93.0 Å². The van der Waals surface area contributed by atoms with Crippen LogP contribution in [0.25, 0.3) is 0 Å². The fraction of sp³-hybridized carbons (Fsp3) is 0.364. The van der Waals surface area contributed by atoms with Crippen molar-refractivity contribution in [3.8, 4) is 0 Å². The Hall–Kier alpha value is -0.530. The highest BCUT2D eigenvalue weighted by molar-refractivity contribution is 6.42. The van der Waals surface area contributed by atoms with E-state index in [0.29, 0.717) is 27.9 Å². The van der Waals surface area contributed by atoms with Crippen LogP contribution < -0.4 is 0 Å². The Bertz CT molecular complexity index is 370. The van der Waals surface area contributed by atoms with E-state index in [-0.39, 0.29) is 5.78 Å². The van der Waals surface area contributed by atoms with Crippen LogP contribution in [-0.2, 0) is 0 Å². The van der Waals surface area contributed by atoms with Gasteiger partial charge in [0.1, 0.15) is 0 Å². The van der Waals surface area contributed by atoms with Crippen LogP contribution in [0.1, 0.15) is 29.6 Å². The van der Waals surface area contributed by atoms with Gasteiger partial charge in [-0.2, -0.15) is 0 Å². The van der Waals surface area contributed by atoms with E-state index in [9.17, 15) is 4.79 Å². The minimum atomic E-state index is 0.172. The summed E-state index contributed by atoms with van der Waals surface area (Å²) >= 11 is 11.6. The van der Waals surface area contributed by atoms with E-state index < -0.39 is 0 Å². The van der Waals surface area contributed by atoms with Crippen molar-refractivity contribution in [2.75, 3.05) is 0 Å². The maximum absolute atomic E-state index is 11.7. The first-order valence-electron chi connectivity index (χ1n) is 4.65. The van der Waals surface area contributed by atoms with Crippen molar-refractivity contribution in [2.24, 2.45) is 5.92 Å². The highest BCUT2D eigenvalue weighted by atomic mass is 35.5. The Balaban J connectivity index is 2.14. The molecule has 0 N–H and O–H groups in total. The predicted molar refractivity (Wildman–Crippen MR) is 58.1 cm³/mol. The summed E-state index contributed by atoms with van der Waals surface area (Å²) < 4.78 is 0. The lowest BCUT2D eigenvalue weighted by Gasteiger charge is -2.01. The number of rotatable bonds is 3. The van der Waals surface area contributed by atoms with Crippen molar-refractivity contribution in [3.05, 3.63) is 33.8 Å². The van der Waals surface area contributed by atoms with Gasteiger partial charge in [-0.25, -0.2) is 0 Å². The Kier molecular flexibility index (Phi) is 2.80. The molecule has 1 fully saturated rings. The largest absolute Gasteiger partial charge is 0.294 e. The van der Waals surface area contributed by atoms with E-state index in [0.717, 1.165) is 0 Å². The first-order valence-corrected chi connectivity index (χ1v) is 5.40. The van der Waals surface area contributed by atoms with Crippen LogP contribution in [0.4, 0.5) is 0 Å². The van der Waals surface area contributed by atoms with Gasteiger partial charge < -0.3 is 0 Å². The number of carbonyl (C=O) groups excluding carboxylic acids is 1. The number of halogens is 2. The van der Waals surface area contributed by atoms with E-state index in [2.05, 4.69) is 0 Å². The van der Waals surface area contributed by atoms with Gasteiger partial charge in [-0.05, 0) is 37.0 Å². The number of hydrogen-bond donors (Lipinski definition) is 0. The van der Waals surface area contributed by atoms with Gasteiger partial charge in [-0.1, -0.05) is 23.2 Å². The molecule has 1 aliphatic rings. The highest BCUT2D eigenvalue weighted by Gasteiger charge is 2.24. The van der Waals surface area contributed by atoms with Crippen LogP contribution in [0.15, 0.2) is 18.2 Å². The van der Waals surface area contributed by atoms with Crippen molar-refractivity contribution in [2.45, 2.75) is 19.3 Å². The third kappa shape index (κ3) is 2.28. The van der Waals surface area contributed by atoms with E-state index in [1.807, 2.05) is 0 Å². The second-order valence-electron chi connectivity index (χ2n) is 3.70. The second kappa shape index (κ2) is 3.92. The SMILES string of the molecule is O=C(CC1CC1)c1ccc(Cl)c(Cl)c1. The second-order valence-corrected chi connectivity index (χ2v) is 4.51. The lowest BCUT2D eigenvalue weighted by molar-refractivity contribution is 0.0976. The van der Waals surface area contributed by atoms with Crippen molar-refractivity contribution in [1.82, 2.24) is 0 Å². The van der Waals surface area contributed by atoms with Crippen molar-refractivity contribution in [3.63, 3.8) is 0 Å². The molecule has 1 aromatic rings. The van der Waals surface area contributed by atoms with Crippen LogP contribution in [0.2, 0.25) is 10.0 Å². The van der Waals surface area contributed by atoms with Gasteiger partial charge >= 0.3 is 0 Å². The number of carbonyl (C=O) groups is 1. The maximum atomic E-state index is 11.7. The molecule has 0 aliphatic heterocycles. The quantitative estimate of drug-likeness (QED) is 0.716. The average Bonchev–Trinajstić information content (AvgIpc) is 2.93. The monoisotopic (exact) mass is 228 g/mol. The van der Waals surface area contributed by atoms with Gasteiger partial charge in [-0.3, -0.25) is 4.79 Å². The molecule has 74 valence electrons. The van der Waals surface area contributed by atoms with Crippen molar-refractivity contribution < 1.29 is 4.79 Å². The molecule has 1 saturated carbocycles. The first-order chi connectivity index (χ1) is 6.66. The average molecular weight is 229 g/mol. The number of ketones is 1. The molecule has 0 amide bonds. The molecule has 1 aromatic carbocycles. The van der Waals surface area contributed by atoms with Crippen molar-refractivity contribution in [1.29, 1.82) is 0 Å². The summed E-state index contributed by atoms with van der Waals surface area (Å²) in [6.45, 7) is 0. The summed E-state index contributed by atoms with van der Waals surface area (Å²) in [6, 6.07) is 5.05. The summed E-state index contributed by atoms with van der Waals surface area (Å²) in [7, 11) is 0. The Morgan fingerprint density at radius 2 is 2.00 bits per heavy atom. The summed E-state index contributed by atoms with van der Waals surface area (Å²) in [5.74, 6) is 0.781. The lowest BCUT2D eigenvalue weighted by Crippen LogP contribution is -1.99. The number of hydrogen-bond acceptors (Lipinski definition) is 1. The maximum Gasteiger partial charge on any atom is 0.163 e. The summed E-state index contributed by atoms with van der Waals surface area (Å²) in [6.07, 6.45) is 3.03. The van der Waals surface area contributed by atoms with E-state index in [1.165, 1.54) is 12.8 Å². The molecule has 0 atom stereocenters. The molecular weight excluding hydrogens is 219 g/mol. The molecular formula is C11H10Cl2O. The third-order valence-corrected chi connectivity index (χ3v) is 3.15. The van der Waals surface area contributed by atoms with Gasteiger partial charge in [-0.15, -0.1) is 0 Å². The Morgan fingerprint density at radius 3 is 2.57 bits per heavy atom. The van der Waals surface area contributed by atoms with Crippen LogP contribution >= 0.6 is 23.2 Å². The van der Waals surface area contributed by atoms with Gasteiger partial charge in [0, 0.05) is 12.0 Å². The predicted octanol–water partition coefficient (Wildman–Crippen LogP) is 3.98. The summed E-state index contributed by atoms with van der Waals surface area (Å²) in [5.41, 5.74) is 0.673. The van der Waals surface area contributed by atoms with Gasteiger partial charge in [0.15, 0.2) is 5.78 Å². The van der Waals surface area contributed by atoms with Crippen LogP contribution in [0.5, 0.6) is 0 Å². The van der Waals surface area contributed by atoms with Crippen LogP contribution in [0, 0.1) is 5.92 Å².